The largest absolute Gasteiger partial charge is 0.309 e. The van der Waals surface area contributed by atoms with Gasteiger partial charge >= 0.3 is 0 Å². The third kappa shape index (κ3) is 4.44. The molecular formula is C52H39N. The van der Waals surface area contributed by atoms with E-state index in [0.29, 0.717) is 5.92 Å². The number of aryl methyl sites for hydroxylation is 1. The molecule has 0 saturated carbocycles. The number of rotatable bonds is 5. The SMILES string of the molecule is CC1(C)c2cc(CCC3c4ccccc4-c4cc(-c5ccccc5)ccc43)ccc2-c2c(-n3c4ccccc4c4c5ccccc5ccc43)cccc21. The molecule has 0 saturated heterocycles. The molecule has 0 amide bonds. The molecule has 8 aromatic carbocycles. The molecule has 1 atom stereocenters. The Morgan fingerprint density at radius 3 is 2.19 bits per heavy atom. The van der Waals surface area contributed by atoms with E-state index in [9.17, 15) is 0 Å². The van der Waals surface area contributed by atoms with Crippen molar-refractivity contribution in [3.05, 3.63) is 198 Å². The highest BCUT2D eigenvalue weighted by atomic mass is 15.0. The Morgan fingerprint density at radius 1 is 0.509 bits per heavy atom. The summed E-state index contributed by atoms with van der Waals surface area (Å²) in [4.78, 5) is 0. The summed E-state index contributed by atoms with van der Waals surface area (Å²) in [6, 6.07) is 63.6. The van der Waals surface area contributed by atoms with E-state index in [2.05, 4.69) is 188 Å². The molecule has 0 fully saturated rings. The maximum absolute atomic E-state index is 2.53. The molecule has 1 heteroatoms. The molecule has 9 aromatic rings. The summed E-state index contributed by atoms with van der Waals surface area (Å²) in [6.07, 6.45) is 2.12. The molecule has 53 heavy (non-hydrogen) atoms. The first-order chi connectivity index (χ1) is 26.1. The molecule has 11 rings (SSSR count). The molecule has 1 heterocycles. The smallest absolute Gasteiger partial charge is 0.0547 e. The summed E-state index contributed by atoms with van der Waals surface area (Å²) in [5.41, 5.74) is 18.9. The summed E-state index contributed by atoms with van der Waals surface area (Å²) in [5.74, 6) is 0.391. The van der Waals surface area contributed by atoms with E-state index in [4.69, 9.17) is 0 Å². The number of aromatic nitrogens is 1. The van der Waals surface area contributed by atoms with E-state index < -0.39 is 0 Å². The van der Waals surface area contributed by atoms with Gasteiger partial charge in [0.2, 0.25) is 0 Å². The molecule has 1 nitrogen and oxygen atoms in total. The highest BCUT2D eigenvalue weighted by molar-refractivity contribution is 6.21. The minimum Gasteiger partial charge on any atom is -0.309 e. The van der Waals surface area contributed by atoms with E-state index in [1.807, 2.05) is 0 Å². The minimum atomic E-state index is -0.109. The van der Waals surface area contributed by atoms with Crippen molar-refractivity contribution in [3.63, 3.8) is 0 Å². The van der Waals surface area contributed by atoms with Crippen molar-refractivity contribution in [1.29, 1.82) is 0 Å². The van der Waals surface area contributed by atoms with Crippen molar-refractivity contribution in [3.8, 4) is 39.1 Å². The molecule has 2 aliphatic carbocycles. The van der Waals surface area contributed by atoms with Crippen LogP contribution in [0.25, 0.3) is 71.6 Å². The van der Waals surface area contributed by atoms with Crippen molar-refractivity contribution in [2.24, 2.45) is 0 Å². The Hall–Kier alpha value is -6.18. The summed E-state index contributed by atoms with van der Waals surface area (Å²) in [7, 11) is 0. The van der Waals surface area contributed by atoms with E-state index in [1.54, 1.807) is 0 Å². The van der Waals surface area contributed by atoms with Gasteiger partial charge in [-0.3, -0.25) is 0 Å². The lowest BCUT2D eigenvalue weighted by molar-refractivity contribution is 0.657. The second-order valence-corrected chi connectivity index (χ2v) is 15.6. The molecule has 0 bridgehead atoms. The van der Waals surface area contributed by atoms with E-state index in [0.717, 1.165) is 12.8 Å². The van der Waals surface area contributed by atoms with Crippen LogP contribution in [0, 0.1) is 0 Å². The van der Waals surface area contributed by atoms with Gasteiger partial charge in [-0.25, -0.2) is 0 Å². The molecule has 1 unspecified atom stereocenters. The maximum Gasteiger partial charge on any atom is 0.0547 e. The van der Waals surface area contributed by atoms with Gasteiger partial charge in [0.1, 0.15) is 0 Å². The van der Waals surface area contributed by atoms with Crippen molar-refractivity contribution in [1.82, 2.24) is 4.57 Å². The molecule has 252 valence electrons. The van der Waals surface area contributed by atoms with Gasteiger partial charge in [0, 0.05) is 27.7 Å². The van der Waals surface area contributed by atoms with Gasteiger partial charge in [0.05, 0.1) is 16.7 Å². The lowest BCUT2D eigenvalue weighted by Gasteiger charge is -2.22. The summed E-state index contributed by atoms with van der Waals surface area (Å²) in [6.45, 7) is 4.83. The van der Waals surface area contributed by atoms with Crippen LogP contribution in [0.4, 0.5) is 0 Å². The van der Waals surface area contributed by atoms with Crippen molar-refractivity contribution >= 4 is 32.6 Å². The van der Waals surface area contributed by atoms with E-state index in [1.165, 1.54) is 99.5 Å². The highest BCUT2D eigenvalue weighted by Crippen LogP contribution is 2.53. The van der Waals surface area contributed by atoms with Gasteiger partial charge in [-0.15, -0.1) is 0 Å². The van der Waals surface area contributed by atoms with Crippen LogP contribution in [-0.4, -0.2) is 4.57 Å². The van der Waals surface area contributed by atoms with Gasteiger partial charge in [0.25, 0.3) is 0 Å². The fourth-order valence-corrected chi connectivity index (χ4v) is 9.90. The number of benzene rings is 8. The molecule has 0 radical (unpaired) electrons. The number of hydrogen-bond acceptors (Lipinski definition) is 0. The number of hydrogen-bond donors (Lipinski definition) is 0. The lowest BCUT2D eigenvalue weighted by Crippen LogP contribution is -2.15. The predicted molar refractivity (Wildman–Crippen MR) is 223 cm³/mol. The van der Waals surface area contributed by atoms with Crippen molar-refractivity contribution < 1.29 is 0 Å². The van der Waals surface area contributed by atoms with Crippen LogP contribution in [-0.2, 0) is 11.8 Å². The second-order valence-electron chi connectivity index (χ2n) is 15.6. The predicted octanol–water partition coefficient (Wildman–Crippen LogP) is 13.7. The van der Waals surface area contributed by atoms with E-state index in [-0.39, 0.29) is 5.41 Å². The highest BCUT2D eigenvalue weighted by Gasteiger charge is 2.38. The zero-order valence-electron chi connectivity index (χ0n) is 30.1. The normalized spacial score (nSPS) is 15.1. The molecule has 0 N–H and O–H groups in total. The first kappa shape index (κ1) is 30.4. The quantitative estimate of drug-likeness (QED) is 0.171. The Bertz CT molecular complexity index is 2920. The first-order valence-electron chi connectivity index (χ1n) is 19.0. The number of fused-ring (bicyclic) bond motifs is 11. The Kier molecular flexibility index (Phi) is 6.55. The topological polar surface area (TPSA) is 4.93 Å². The monoisotopic (exact) mass is 677 g/mol. The third-order valence-corrected chi connectivity index (χ3v) is 12.4. The van der Waals surface area contributed by atoms with Gasteiger partial charge in [-0.2, -0.15) is 0 Å². The van der Waals surface area contributed by atoms with Crippen molar-refractivity contribution in [2.45, 2.75) is 38.0 Å². The molecule has 0 spiro atoms. The standard InChI is InChI=1S/C52H39N/c1-52(2)45-20-12-22-48(53-47-21-11-10-19-43(47)50-37-16-7-6-15-35(37)26-30-49(50)53)51(45)42-28-24-33(31-46(42)52)23-27-40-38-17-8-9-18-39(38)44-32-36(25-29-41(40)44)34-13-4-3-5-14-34/h3-22,24-26,28-32,40H,23,27H2,1-2H3. The van der Waals surface area contributed by atoms with Crippen LogP contribution in [0.5, 0.6) is 0 Å². The zero-order valence-corrected chi connectivity index (χ0v) is 30.1. The van der Waals surface area contributed by atoms with Crippen LogP contribution in [0.15, 0.2) is 170 Å². The number of nitrogens with zero attached hydrogens (tertiary/aromatic N) is 1. The van der Waals surface area contributed by atoms with E-state index >= 15 is 0 Å². The number of para-hydroxylation sites is 1. The molecule has 1 aromatic heterocycles. The third-order valence-electron chi connectivity index (χ3n) is 12.4. The minimum absolute atomic E-state index is 0.109. The van der Waals surface area contributed by atoms with Crippen LogP contribution >= 0.6 is 0 Å². The van der Waals surface area contributed by atoms with Crippen LogP contribution in [0.2, 0.25) is 0 Å². The van der Waals surface area contributed by atoms with Crippen LogP contribution < -0.4 is 0 Å². The average molecular weight is 678 g/mol. The van der Waals surface area contributed by atoms with Gasteiger partial charge in [-0.05, 0) is 104 Å². The van der Waals surface area contributed by atoms with Gasteiger partial charge in [-0.1, -0.05) is 159 Å². The van der Waals surface area contributed by atoms with Crippen molar-refractivity contribution in [2.75, 3.05) is 0 Å². The van der Waals surface area contributed by atoms with Crippen LogP contribution in [0.3, 0.4) is 0 Å². The Labute approximate surface area is 310 Å². The maximum atomic E-state index is 2.53. The summed E-state index contributed by atoms with van der Waals surface area (Å²) in [5, 5.41) is 5.22. The fourth-order valence-electron chi connectivity index (χ4n) is 9.90. The Balaban J connectivity index is 0.989. The zero-order chi connectivity index (χ0) is 35.3. The molecule has 0 aliphatic heterocycles. The van der Waals surface area contributed by atoms with Gasteiger partial charge in [0.15, 0.2) is 0 Å². The average Bonchev–Trinajstić information content (AvgIpc) is 3.80. The van der Waals surface area contributed by atoms with Gasteiger partial charge < -0.3 is 4.57 Å². The lowest BCUT2D eigenvalue weighted by atomic mass is 9.81. The molecule has 2 aliphatic rings. The van der Waals surface area contributed by atoms with Crippen LogP contribution in [0.1, 0.15) is 54.0 Å². The molecular weight excluding hydrogens is 639 g/mol. The summed E-state index contributed by atoms with van der Waals surface area (Å²) < 4.78 is 2.52. The fraction of sp³-hybridized carbons (Fsp3) is 0.115. The second kappa shape index (κ2) is 11.4. The first-order valence-corrected chi connectivity index (χ1v) is 19.0. The summed E-state index contributed by atoms with van der Waals surface area (Å²) >= 11 is 0. The Morgan fingerprint density at radius 2 is 1.28 bits per heavy atom.